The number of carbonyl (C=O) groups is 2. The smallest absolute Gasteiger partial charge is 0.813 e. The minimum absolute atomic E-state index is 0. The molecule has 8 rings (SSSR count). The van der Waals surface area contributed by atoms with Gasteiger partial charge in [-0.2, -0.15) is 74.3 Å². The second-order valence-corrected chi connectivity index (χ2v) is 25.2. The molecule has 4 amide bonds. The van der Waals surface area contributed by atoms with Gasteiger partial charge in [-0.15, -0.1) is 4.99 Å². The third-order valence-electron chi connectivity index (χ3n) is 10.4. The maximum Gasteiger partial charge on any atom is 1.00 e. The molecule has 0 radical (unpaired) electrons. The van der Waals surface area contributed by atoms with Crippen LogP contribution < -0.4 is 125 Å². The summed E-state index contributed by atoms with van der Waals surface area (Å²) in [5.74, 6) is -2.04. The minimum atomic E-state index is -4.74. The molecule has 0 spiro atoms. The standard InChI is InChI=1S/2C14H14F3N5O4S.C7H5ClF3NO.C7H7F3N2O3S.C7H6F3NOS.C7H7N3O.K.Na.H2S/c2*1-8-6-9(2)20-12(19-8)21-13(23)22-27(24,25)11-10(4-3-5-18-11)26-7-14(15,16)17;8-6-5(2-1-3-12-6)13-4-7(9,10)11;8-7(9,10)4-15-5-2-1-3-12-6(5)16(11,13)14;8-7(9,10)4-12-5-2-1-3-11-6(5)13;1-5-3-6(2)10-7(9-5)8-4-11;;;/h2*3-6H,7H2,1-2H3,(H2,19,20,21,22,23);1-3H,4H2;1-3H,4H2,(H2,11,13,14);1-3H,4H2,(H,11,13);3H,1-2H3;;;1H2/q;;;;;;2*+1;/p-2. The average molecular weight is 1730 g/mol. The fourth-order valence-corrected chi connectivity index (χ4v) is 9.69. The number of isocyanates is 1. The molecule has 54 heteroatoms. The van der Waals surface area contributed by atoms with E-state index in [9.17, 15) is 105 Å². The number of amides is 4. The number of pyridine rings is 5. The first-order valence-electron chi connectivity index (χ1n) is 28.1. The van der Waals surface area contributed by atoms with Crippen LogP contribution in [0.3, 0.4) is 0 Å². The van der Waals surface area contributed by atoms with E-state index in [4.69, 9.17) is 29.0 Å². The number of halogens is 16. The van der Waals surface area contributed by atoms with Crippen molar-refractivity contribution < 1.29 is 210 Å². The van der Waals surface area contributed by atoms with Crippen molar-refractivity contribution in [3.05, 3.63) is 159 Å². The quantitative estimate of drug-likeness (QED) is 0.0103. The molecule has 0 saturated heterocycles. The Bertz CT molecular complexity index is 4590. The van der Waals surface area contributed by atoms with Gasteiger partial charge < -0.3 is 52.2 Å². The number of aryl methyl sites for hydroxylation is 6. The number of anilines is 2. The van der Waals surface area contributed by atoms with E-state index in [1.165, 1.54) is 60.9 Å². The molecule has 8 aromatic rings. The van der Waals surface area contributed by atoms with Crippen LogP contribution in [0.5, 0.6) is 28.7 Å². The molecule has 31 nitrogen and oxygen atoms in total. The van der Waals surface area contributed by atoms with E-state index >= 15 is 0 Å². The van der Waals surface area contributed by atoms with Gasteiger partial charge in [0, 0.05) is 65.1 Å². The minimum Gasteiger partial charge on any atom is -0.813 e. The summed E-state index contributed by atoms with van der Waals surface area (Å²) in [6.45, 7) is 2.45. The van der Waals surface area contributed by atoms with Crippen LogP contribution in [0.15, 0.2) is 130 Å². The molecule has 0 atom stereocenters. The summed E-state index contributed by atoms with van der Waals surface area (Å²) in [5.41, 5.74) is 3.71. The molecule has 0 bridgehead atoms. The second-order valence-electron chi connectivity index (χ2n) is 19.8. The Balaban J connectivity index is 0.00000133. The third kappa shape index (κ3) is 42.5. The van der Waals surface area contributed by atoms with Crippen LogP contribution in [-0.4, -0.2) is 162 Å². The van der Waals surface area contributed by atoms with E-state index < -0.39 is 138 Å². The molecule has 0 aliphatic rings. The van der Waals surface area contributed by atoms with Crippen LogP contribution in [0.2, 0.25) is 5.15 Å². The number of nitrogens with zero attached hydrogens (tertiary/aromatic N) is 12. The van der Waals surface area contributed by atoms with E-state index in [0.29, 0.717) is 22.8 Å². The van der Waals surface area contributed by atoms with Gasteiger partial charge in [0.15, 0.2) is 78.0 Å². The Morgan fingerprint density at radius 2 is 0.855 bits per heavy atom. The number of alkyl halides is 15. The van der Waals surface area contributed by atoms with Crippen molar-refractivity contribution in [2.45, 2.75) is 87.5 Å². The van der Waals surface area contributed by atoms with E-state index in [-0.39, 0.29) is 134 Å². The molecular formula is C56H53ClF15KN17NaO14S5. The first kappa shape index (κ1) is 102. The van der Waals surface area contributed by atoms with Gasteiger partial charge in [-0.3, -0.25) is 10.1 Å². The first-order chi connectivity index (χ1) is 49.3. The predicted molar refractivity (Wildman–Crippen MR) is 353 cm³/mol. The van der Waals surface area contributed by atoms with E-state index in [2.05, 4.69) is 98.9 Å². The number of carbonyl (C=O) groups excluding carboxylic acids is 3. The normalized spacial score (nSPS) is 11.2. The largest absolute Gasteiger partial charge is 1.00 e. The number of nitrogens with two attached hydrogens (primary N) is 1. The second kappa shape index (κ2) is 46.2. The number of aromatic nitrogens is 11. The zero-order valence-corrected chi connectivity index (χ0v) is 67.3. The van der Waals surface area contributed by atoms with Crippen molar-refractivity contribution in [2.75, 3.05) is 43.7 Å². The van der Waals surface area contributed by atoms with Crippen LogP contribution >= 0.6 is 23.8 Å². The Morgan fingerprint density at radius 3 is 1.24 bits per heavy atom. The maximum atomic E-state index is 12.3. The molecule has 0 aliphatic heterocycles. The topological polar surface area (TPSA) is 433 Å². The van der Waals surface area contributed by atoms with Crippen LogP contribution in [0.4, 0.5) is 93.3 Å². The van der Waals surface area contributed by atoms with Gasteiger partial charge in [-0.05, 0) is 120 Å². The molecular weight excluding hydrogens is 1680 g/mol. The third-order valence-corrected chi connectivity index (χ3v) is 14.3. The summed E-state index contributed by atoms with van der Waals surface area (Å²) in [7, 11) is -13.6. The van der Waals surface area contributed by atoms with Crippen molar-refractivity contribution in [2.24, 2.45) is 10.1 Å². The van der Waals surface area contributed by atoms with E-state index in [0.717, 1.165) is 48.2 Å². The van der Waals surface area contributed by atoms with Gasteiger partial charge in [0.25, 0.3) is 26.0 Å². The van der Waals surface area contributed by atoms with Gasteiger partial charge in [0.2, 0.25) is 32.1 Å². The summed E-state index contributed by atoms with van der Waals surface area (Å²) < 4.78 is 277. The van der Waals surface area contributed by atoms with Crippen molar-refractivity contribution in [1.82, 2.24) is 59.5 Å². The molecule has 8 heterocycles. The van der Waals surface area contributed by atoms with Crippen molar-refractivity contribution in [1.29, 1.82) is 0 Å². The van der Waals surface area contributed by atoms with E-state index in [1.54, 1.807) is 44.5 Å². The zero-order chi connectivity index (χ0) is 80.9. The number of primary sulfonamides is 1. The van der Waals surface area contributed by atoms with Gasteiger partial charge >= 0.3 is 118 Å². The molecule has 6 N–H and O–H groups in total. The van der Waals surface area contributed by atoms with Crippen LogP contribution in [0, 0.1) is 46.2 Å². The average Bonchev–Trinajstić information content (AvgIpc) is 0.818. The van der Waals surface area contributed by atoms with Crippen LogP contribution in [0.1, 0.15) is 34.2 Å². The monoisotopic (exact) mass is 1730 g/mol. The van der Waals surface area contributed by atoms with Crippen LogP contribution in [-0.2, 0) is 48.4 Å². The van der Waals surface area contributed by atoms with Gasteiger partial charge in [-0.25, -0.2) is 86.1 Å². The molecule has 110 heavy (non-hydrogen) atoms. The first-order valence-corrected chi connectivity index (χ1v) is 33.4. The Morgan fingerprint density at radius 1 is 0.527 bits per heavy atom. The summed E-state index contributed by atoms with van der Waals surface area (Å²) in [4.78, 5) is 76.7. The number of nitrogens with one attached hydrogen (secondary N) is 4. The number of rotatable bonds is 18. The number of hydrogen-bond acceptors (Lipinski definition) is 27. The molecule has 0 fully saturated rings. The Hall–Kier alpha value is -7.83. The van der Waals surface area contributed by atoms with Gasteiger partial charge in [0.05, 0.1) is 0 Å². The van der Waals surface area contributed by atoms with Crippen molar-refractivity contribution in [3.63, 3.8) is 0 Å². The van der Waals surface area contributed by atoms with Gasteiger partial charge in [-0.1, -0.05) is 23.8 Å². The Labute approximate surface area is 695 Å². The molecule has 0 saturated carbocycles. The number of urea groups is 2. The molecule has 0 aliphatic carbocycles. The number of aliphatic imine (C=N–C) groups is 1. The summed E-state index contributed by atoms with van der Waals surface area (Å²) >= 11 is 10.1. The van der Waals surface area contributed by atoms with Crippen LogP contribution in [0.25, 0.3) is 4.72 Å². The summed E-state index contributed by atoms with van der Waals surface area (Å²) in [6, 6.07) is 14.8. The van der Waals surface area contributed by atoms with Crippen molar-refractivity contribution >= 4 is 103 Å². The SMILES string of the molecule is Cc1cc(C)nc(N=C=O)n1.Cc1cc(C)nc(NC(=O)NS(=O)(=O)c2ncccc2OCC(F)(F)F)n1.Cc1cc(C)nc(NC(=O)[N-]S(=O)(=O)c2ncccc2OCC(F)(F)F)n1.FC(F)(F)COc1ccc[nH]c1=S.FC(F)(F)COc1cccnc1Cl.NS(=O)(=O)c1ncccc1OCC(F)(F)F.[K+].[Na+].[SH-]. The fraction of sp³-hybridized carbons (Fsp3) is 0.286. The summed E-state index contributed by atoms with van der Waals surface area (Å²) in [5, 5.41) is 6.35. The number of sulfonamides is 3. The Kier molecular flexibility index (Phi) is 42.9. The molecule has 8 aromatic heterocycles. The fourth-order valence-electron chi connectivity index (χ4n) is 6.79. The number of thiol groups is 1. The predicted octanol–water partition coefficient (Wildman–Crippen LogP) is 5.49. The molecule has 0 unspecified atom stereocenters. The maximum absolute atomic E-state index is 12.3. The number of hydrogen-bond donors (Lipinski definition) is 5. The number of ether oxygens (including phenoxy) is 5. The van der Waals surface area contributed by atoms with E-state index in [1.807, 2.05) is 19.9 Å². The van der Waals surface area contributed by atoms with Gasteiger partial charge in [0.1, 0.15) is 10.6 Å². The number of aromatic amines is 1. The molecule has 0 aromatic carbocycles. The zero-order valence-electron chi connectivity index (χ0n) is 57.2. The number of H-pyrrole nitrogens is 1. The van der Waals surface area contributed by atoms with Crippen molar-refractivity contribution in [3.8, 4) is 28.7 Å². The summed E-state index contributed by atoms with van der Waals surface area (Å²) in [6.07, 6.45) is -15.2. The molecule has 590 valence electrons.